The summed E-state index contributed by atoms with van der Waals surface area (Å²) in [6.07, 6.45) is 0.839. The zero-order valence-corrected chi connectivity index (χ0v) is 12.7. The van der Waals surface area contributed by atoms with Crippen LogP contribution in [-0.4, -0.2) is 23.1 Å². The molecule has 0 radical (unpaired) electrons. The fourth-order valence-electron chi connectivity index (χ4n) is 1.44. The second-order valence-corrected chi connectivity index (χ2v) is 5.75. The third-order valence-corrected chi connectivity index (χ3v) is 2.51. The smallest absolute Gasteiger partial charge is 0.218 e. The lowest BCUT2D eigenvalue weighted by Crippen LogP contribution is -2.18. The van der Waals surface area contributed by atoms with Crippen molar-refractivity contribution in [2.75, 3.05) is 18.5 Å². The Kier molecular flexibility index (Phi) is 5.33. The van der Waals surface area contributed by atoms with Crippen LogP contribution in [0.15, 0.2) is 18.2 Å². The summed E-state index contributed by atoms with van der Waals surface area (Å²) < 4.78 is 5.69. The molecule has 1 heterocycles. The van der Waals surface area contributed by atoms with E-state index in [1.165, 1.54) is 0 Å². The normalized spacial score (nSPS) is 11.2. The number of anilines is 1. The van der Waals surface area contributed by atoms with Crippen LogP contribution in [-0.2, 0) is 5.41 Å². The number of aromatic nitrogens is 2. The van der Waals surface area contributed by atoms with E-state index in [2.05, 4.69) is 42.6 Å². The first-order valence-corrected chi connectivity index (χ1v) is 6.73. The topological polar surface area (TPSA) is 47.0 Å². The van der Waals surface area contributed by atoms with E-state index in [-0.39, 0.29) is 5.41 Å². The fourth-order valence-corrected chi connectivity index (χ4v) is 1.44. The van der Waals surface area contributed by atoms with E-state index < -0.39 is 0 Å². The highest BCUT2D eigenvalue weighted by molar-refractivity contribution is 5.39. The Hall–Kier alpha value is -1.58. The van der Waals surface area contributed by atoms with Crippen molar-refractivity contribution in [2.45, 2.75) is 46.5 Å². The van der Waals surface area contributed by atoms with Gasteiger partial charge in [0.25, 0.3) is 0 Å². The van der Waals surface area contributed by atoms with Crippen LogP contribution in [0, 0.1) is 0 Å². The van der Waals surface area contributed by atoms with Gasteiger partial charge in [0.1, 0.15) is 11.6 Å². The summed E-state index contributed by atoms with van der Waals surface area (Å²) in [5.41, 5.74) is 1.01. The van der Waals surface area contributed by atoms with E-state index in [0.717, 1.165) is 30.2 Å². The summed E-state index contributed by atoms with van der Waals surface area (Å²) in [6, 6.07) is 1.84. The van der Waals surface area contributed by atoms with Crippen molar-refractivity contribution in [3.05, 3.63) is 24.0 Å². The lowest BCUT2D eigenvalue weighted by atomic mass is 9.96. The number of hydrogen-bond acceptors (Lipinski definition) is 4. The van der Waals surface area contributed by atoms with Gasteiger partial charge in [-0.25, -0.2) is 4.98 Å². The van der Waals surface area contributed by atoms with Gasteiger partial charge < -0.3 is 10.1 Å². The molecule has 0 aliphatic carbocycles. The Morgan fingerprint density at radius 1 is 1.37 bits per heavy atom. The van der Waals surface area contributed by atoms with Crippen LogP contribution >= 0.6 is 0 Å². The van der Waals surface area contributed by atoms with Gasteiger partial charge in [-0.3, -0.25) is 0 Å². The molecule has 0 bridgehead atoms. The van der Waals surface area contributed by atoms with Crippen LogP contribution < -0.4 is 10.1 Å². The van der Waals surface area contributed by atoms with E-state index in [4.69, 9.17) is 4.74 Å². The molecular weight excluding hydrogens is 238 g/mol. The molecule has 1 rings (SSSR count). The first-order chi connectivity index (χ1) is 8.82. The summed E-state index contributed by atoms with van der Waals surface area (Å²) in [6.45, 7) is 15.6. The van der Waals surface area contributed by atoms with E-state index in [0.29, 0.717) is 12.5 Å². The number of nitrogens with zero attached hydrogens (tertiary/aromatic N) is 2. The summed E-state index contributed by atoms with van der Waals surface area (Å²) in [5, 5.41) is 3.21. The third kappa shape index (κ3) is 5.28. The average Bonchev–Trinajstić information content (AvgIpc) is 2.27. The molecule has 1 aromatic rings. The van der Waals surface area contributed by atoms with Gasteiger partial charge in [-0.1, -0.05) is 26.3 Å². The summed E-state index contributed by atoms with van der Waals surface area (Å²) in [4.78, 5) is 9.00. The molecule has 0 aliphatic heterocycles. The predicted molar refractivity (Wildman–Crippen MR) is 79.8 cm³/mol. The van der Waals surface area contributed by atoms with Gasteiger partial charge in [-0.15, -0.1) is 6.58 Å². The lowest BCUT2D eigenvalue weighted by Gasteiger charge is -2.18. The molecule has 0 amide bonds. The molecule has 0 saturated heterocycles. The molecule has 19 heavy (non-hydrogen) atoms. The second kappa shape index (κ2) is 6.55. The monoisotopic (exact) mass is 263 g/mol. The lowest BCUT2D eigenvalue weighted by molar-refractivity contribution is 0.305. The van der Waals surface area contributed by atoms with Crippen LogP contribution in [0.5, 0.6) is 5.88 Å². The Balaban J connectivity index is 2.90. The Morgan fingerprint density at radius 3 is 2.58 bits per heavy atom. The van der Waals surface area contributed by atoms with Crippen molar-refractivity contribution in [3.8, 4) is 5.88 Å². The standard InChI is InChI=1S/C15H25N3O/c1-7-16-12-10-13(19-9-8-11(2)3)18-14(17-12)15(4,5)6/h10H,2,7-9H2,1,3-6H3,(H,16,17,18). The SMILES string of the molecule is C=C(C)CCOc1cc(NCC)nc(C(C)(C)C)n1. The summed E-state index contributed by atoms with van der Waals surface area (Å²) in [5.74, 6) is 2.22. The number of nitrogens with one attached hydrogen (secondary N) is 1. The van der Waals surface area contributed by atoms with E-state index >= 15 is 0 Å². The zero-order chi connectivity index (χ0) is 14.5. The molecule has 0 saturated carbocycles. The van der Waals surface area contributed by atoms with E-state index in [1.807, 2.05) is 19.9 Å². The third-order valence-electron chi connectivity index (χ3n) is 2.51. The highest BCUT2D eigenvalue weighted by Gasteiger charge is 2.19. The predicted octanol–water partition coefficient (Wildman–Crippen LogP) is 3.55. The maximum absolute atomic E-state index is 5.69. The molecule has 1 aromatic heterocycles. The number of hydrogen-bond donors (Lipinski definition) is 1. The minimum atomic E-state index is -0.0993. The van der Waals surface area contributed by atoms with Gasteiger partial charge in [0.2, 0.25) is 5.88 Å². The highest BCUT2D eigenvalue weighted by atomic mass is 16.5. The van der Waals surface area contributed by atoms with Crippen molar-refractivity contribution in [3.63, 3.8) is 0 Å². The second-order valence-electron chi connectivity index (χ2n) is 5.75. The molecule has 106 valence electrons. The first kappa shape index (κ1) is 15.5. The minimum absolute atomic E-state index is 0.0993. The van der Waals surface area contributed by atoms with E-state index in [1.54, 1.807) is 0 Å². The molecule has 1 N–H and O–H groups in total. The Bertz CT molecular complexity index is 436. The van der Waals surface area contributed by atoms with Gasteiger partial charge in [0.05, 0.1) is 6.61 Å². The van der Waals surface area contributed by atoms with E-state index in [9.17, 15) is 0 Å². The summed E-state index contributed by atoms with van der Waals surface area (Å²) >= 11 is 0. The average molecular weight is 263 g/mol. The molecule has 0 aliphatic rings. The molecule has 0 spiro atoms. The zero-order valence-electron chi connectivity index (χ0n) is 12.7. The quantitative estimate of drug-likeness (QED) is 0.797. The number of ether oxygens (including phenoxy) is 1. The Morgan fingerprint density at radius 2 is 2.05 bits per heavy atom. The van der Waals surface area contributed by atoms with Gasteiger partial charge in [0, 0.05) is 24.4 Å². The molecule has 0 fully saturated rings. The van der Waals surface area contributed by atoms with Crippen molar-refractivity contribution in [2.24, 2.45) is 0 Å². The molecule has 4 heteroatoms. The first-order valence-electron chi connectivity index (χ1n) is 6.73. The van der Waals surface area contributed by atoms with Gasteiger partial charge in [0.15, 0.2) is 0 Å². The van der Waals surface area contributed by atoms with Gasteiger partial charge >= 0.3 is 0 Å². The van der Waals surface area contributed by atoms with Crippen LogP contribution in [0.3, 0.4) is 0 Å². The van der Waals surface area contributed by atoms with Crippen molar-refractivity contribution in [1.82, 2.24) is 9.97 Å². The van der Waals surface area contributed by atoms with Crippen molar-refractivity contribution < 1.29 is 4.74 Å². The minimum Gasteiger partial charge on any atom is -0.477 e. The molecular formula is C15H25N3O. The van der Waals surface area contributed by atoms with Crippen molar-refractivity contribution >= 4 is 5.82 Å². The Labute approximate surface area is 116 Å². The number of rotatable bonds is 6. The summed E-state index contributed by atoms with van der Waals surface area (Å²) in [7, 11) is 0. The maximum Gasteiger partial charge on any atom is 0.218 e. The largest absolute Gasteiger partial charge is 0.477 e. The van der Waals surface area contributed by atoms with Gasteiger partial charge in [-0.05, 0) is 13.8 Å². The van der Waals surface area contributed by atoms with Gasteiger partial charge in [-0.2, -0.15) is 4.98 Å². The molecule has 4 nitrogen and oxygen atoms in total. The van der Waals surface area contributed by atoms with Crippen molar-refractivity contribution in [1.29, 1.82) is 0 Å². The molecule has 0 atom stereocenters. The fraction of sp³-hybridized carbons (Fsp3) is 0.600. The van der Waals surface area contributed by atoms with Crippen LogP contribution in [0.25, 0.3) is 0 Å². The van der Waals surface area contributed by atoms with Crippen LogP contribution in [0.2, 0.25) is 0 Å². The van der Waals surface area contributed by atoms with Crippen LogP contribution in [0.4, 0.5) is 5.82 Å². The highest BCUT2D eigenvalue weighted by Crippen LogP contribution is 2.23. The van der Waals surface area contributed by atoms with Crippen LogP contribution in [0.1, 0.15) is 46.9 Å². The molecule has 0 unspecified atom stereocenters. The molecule has 0 aromatic carbocycles. The maximum atomic E-state index is 5.69.